The lowest BCUT2D eigenvalue weighted by Gasteiger charge is -2.33. The molecule has 9 nitrogen and oxygen atoms in total. The molecule has 3 N–H and O–H groups in total. The number of likely N-dealkylation sites (N-methyl/N-ethyl adjacent to an activating group) is 1. The van der Waals surface area contributed by atoms with E-state index in [2.05, 4.69) is 10.6 Å². The Morgan fingerprint density at radius 3 is 2.22 bits per heavy atom. The van der Waals surface area contributed by atoms with Gasteiger partial charge in [-0.15, -0.1) is 0 Å². The number of carbonyl (C=O) groups excluding carboxylic acids is 3. The molecular weight excluding hydrogens is 474 g/mol. The van der Waals surface area contributed by atoms with Gasteiger partial charge in [0.15, 0.2) is 0 Å². The van der Waals surface area contributed by atoms with Gasteiger partial charge >= 0.3 is 6.09 Å². The lowest BCUT2D eigenvalue weighted by molar-refractivity contribution is -0.140. The molecular formula is C28H39N3O6. The molecule has 3 atom stereocenters. The van der Waals surface area contributed by atoms with Crippen molar-refractivity contribution in [1.82, 2.24) is 10.2 Å². The van der Waals surface area contributed by atoms with Gasteiger partial charge in [0.1, 0.15) is 29.2 Å². The maximum atomic E-state index is 13.8. The number of anilines is 1. The quantitative estimate of drug-likeness (QED) is 0.444. The van der Waals surface area contributed by atoms with Crippen molar-refractivity contribution in [1.29, 1.82) is 0 Å². The van der Waals surface area contributed by atoms with Crippen LogP contribution in [0.25, 0.3) is 0 Å². The Hall–Kier alpha value is -3.75. The Bertz CT molecular complexity index is 1090. The van der Waals surface area contributed by atoms with Gasteiger partial charge < -0.3 is 30.1 Å². The fourth-order valence-corrected chi connectivity index (χ4v) is 3.75. The second-order valence-electron chi connectivity index (χ2n) is 10.1. The number of amides is 3. The van der Waals surface area contributed by atoms with Gasteiger partial charge in [-0.1, -0.05) is 26.3 Å². The van der Waals surface area contributed by atoms with Gasteiger partial charge in [0.2, 0.25) is 5.91 Å². The van der Waals surface area contributed by atoms with E-state index in [1.54, 1.807) is 71.2 Å². The summed E-state index contributed by atoms with van der Waals surface area (Å²) in [5.41, 5.74) is 0.865. The number of ether oxygens (including phenoxy) is 2. The summed E-state index contributed by atoms with van der Waals surface area (Å²) in [5.74, 6) is -0.404. The number of benzene rings is 2. The van der Waals surface area contributed by atoms with Gasteiger partial charge in [-0.3, -0.25) is 9.59 Å². The van der Waals surface area contributed by atoms with Crippen LogP contribution in [0.3, 0.4) is 0 Å². The van der Waals surface area contributed by atoms with Crippen molar-refractivity contribution in [3.05, 3.63) is 53.6 Å². The highest BCUT2D eigenvalue weighted by atomic mass is 16.6. The summed E-state index contributed by atoms with van der Waals surface area (Å²) in [6.45, 7) is 10.7. The second-order valence-corrected chi connectivity index (χ2v) is 10.1. The molecule has 2 aromatic carbocycles. The van der Waals surface area contributed by atoms with E-state index in [9.17, 15) is 19.5 Å². The van der Waals surface area contributed by atoms with Gasteiger partial charge in [-0.05, 0) is 81.1 Å². The fourth-order valence-electron chi connectivity index (χ4n) is 3.75. The first-order valence-electron chi connectivity index (χ1n) is 12.3. The highest BCUT2D eigenvalue weighted by Gasteiger charge is 2.36. The number of hydrogen-bond acceptors (Lipinski definition) is 6. The van der Waals surface area contributed by atoms with Crippen LogP contribution in [0.15, 0.2) is 42.5 Å². The zero-order valence-corrected chi connectivity index (χ0v) is 22.9. The molecule has 9 heteroatoms. The SMILES string of the molecule is CCC(C)C(NC(=O)OC(C)(C)C)C(=O)N(C)C(C(=O)Nc1ccc(OC)cc1)c1ccc(O)c(C)c1. The van der Waals surface area contributed by atoms with E-state index in [0.717, 1.165) is 0 Å². The van der Waals surface area contributed by atoms with Crippen molar-refractivity contribution < 1.29 is 29.0 Å². The molecule has 0 saturated carbocycles. The van der Waals surface area contributed by atoms with Crippen molar-refractivity contribution in [2.24, 2.45) is 5.92 Å². The third-order valence-electron chi connectivity index (χ3n) is 6.03. The molecule has 2 rings (SSSR count). The highest BCUT2D eigenvalue weighted by molar-refractivity contribution is 5.99. The molecule has 0 fully saturated rings. The molecule has 0 spiro atoms. The maximum absolute atomic E-state index is 13.8. The van der Waals surface area contributed by atoms with Crippen LogP contribution in [0.4, 0.5) is 10.5 Å². The fraction of sp³-hybridized carbons (Fsp3) is 0.464. The largest absolute Gasteiger partial charge is 0.508 e. The number of nitrogens with zero attached hydrogens (tertiary/aromatic N) is 1. The number of phenolic OH excluding ortho intramolecular Hbond substituents is 1. The van der Waals surface area contributed by atoms with Crippen molar-refractivity contribution in [3.8, 4) is 11.5 Å². The first kappa shape index (κ1) is 29.5. The second kappa shape index (κ2) is 12.5. The Balaban J connectivity index is 2.42. The molecule has 0 bridgehead atoms. The van der Waals surface area contributed by atoms with E-state index in [1.165, 1.54) is 18.0 Å². The minimum atomic E-state index is -1.04. The van der Waals surface area contributed by atoms with Crippen molar-refractivity contribution >= 4 is 23.6 Å². The van der Waals surface area contributed by atoms with E-state index < -0.39 is 35.6 Å². The van der Waals surface area contributed by atoms with Crippen LogP contribution in [0.1, 0.15) is 58.2 Å². The van der Waals surface area contributed by atoms with Gasteiger partial charge in [-0.25, -0.2) is 4.79 Å². The Labute approximate surface area is 219 Å². The number of aromatic hydroxyl groups is 1. The average molecular weight is 514 g/mol. The summed E-state index contributed by atoms with van der Waals surface area (Å²) in [7, 11) is 3.07. The minimum Gasteiger partial charge on any atom is -0.508 e. The normalized spacial score (nSPS) is 13.6. The molecule has 2 aromatic rings. The standard InChI is InChI=1S/C28H39N3O6/c1-9-17(2)23(30-27(35)37-28(4,5)6)26(34)31(7)24(19-10-15-22(32)18(3)16-19)25(33)29-20-11-13-21(36-8)14-12-20/h10-17,23-24,32H,9H2,1-8H3,(H,29,33)(H,30,35). The summed E-state index contributed by atoms with van der Waals surface area (Å²) in [6, 6.07) is 9.62. The molecule has 0 aliphatic rings. The van der Waals surface area contributed by atoms with Crippen LogP contribution >= 0.6 is 0 Å². The number of rotatable bonds is 9. The number of nitrogens with one attached hydrogen (secondary N) is 2. The molecule has 0 radical (unpaired) electrons. The summed E-state index contributed by atoms with van der Waals surface area (Å²) in [5, 5.41) is 15.6. The number of methoxy groups -OCH3 is 1. The van der Waals surface area contributed by atoms with Crippen molar-refractivity contribution in [2.75, 3.05) is 19.5 Å². The smallest absolute Gasteiger partial charge is 0.408 e. The summed E-state index contributed by atoms with van der Waals surface area (Å²) < 4.78 is 10.5. The first-order chi connectivity index (χ1) is 17.3. The number of hydrogen-bond donors (Lipinski definition) is 3. The van der Waals surface area contributed by atoms with Crippen LogP contribution in [-0.4, -0.2) is 53.7 Å². The number of alkyl carbamates (subject to hydrolysis) is 1. The Morgan fingerprint density at radius 1 is 1.08 bits per heavy atom. The summed E-state index contributed by atoms with van der Waals surface area (Å²) >= 11 is 0. The Morgan fingerprint density at radius 2 is 1.70 bits per heavy atom. The molecule has 3 amide bonds. The van der Waals surface area contributed by atoms with E-state index in [4.69, 9.17) is 9.47 Å². The molecule has 0 saturated heterocycles. The molecule has 0 heterocycles. The predicted molar refractivity (Wildman–Crippen MR) is 143 cm³/mol. The van der Waals surface area contributed by atoms with E-state index in [1.807, 2.05) is 13.8 Å². The van der Waals surface area contributed by atoms with Crippen LogP contribution in [0.5, 0.6) is 11.5 Å². The van der Waals surface area contributed by atoms with Crippen molar-refractivity contribution in [3.63, 3.8) is 0 Å². The number of carbonyl (C=O) groups is 3. The topological polar surface area (TPSA) is 117 Å². The van der Waals surface area contributed by atoms with Crippen LogP contribution < -0.4 is 15.4 Å². The number of phenols is 1. The molecule has 3 unspecified atom stereocenters. The van der Waals surface area contributed by atoms with E-state index in [0.29, 0.717) is 29.0 Å². The monoisotopic (exact) mass is 513 g/mol. The van der Waals surface area contributed by atoms with Crippen LogP contribution in [-0.2, 0) is 14.3 Å². The average Bonchev–Trinajstić information content (AvgIpc) is 2.83. The molecule has 0 aliphatic carbocycles. The predicted octanol–water partition coefficient (Wildman–Crippen LogP) is 4.79. The van der Waals surface area contributed by atoms with Crippen LogP contribution in [0, 0.1) is 12.8 Å². The molecule has 202 valence electrons. The van der Waals surface area contributed by atoms with Gasteiger partial charge in [0, 0.05) is 12.7 Å². The van der Waals surface area contributed by atoms with Gasteiger partial charge in [-0.2, -0.15) is 0 Å². The lowest BCUT2D eigenvalue weighted by atomic mass is 9.95. The van der Waals surface area contributed by atoms with E-state index >= 15 is 0 Å². The molecule has 0 aliphatic heterocycles. The van der Waals surface area contributed by atoms with Gasteiger partial charge in [0.25, 0.3) is 5.91 Å². The van der Waals surface area contributed by atoms with E-state index in [-0.39, 0.29) is 11.7 Å². The zero-order chi connectivity index (χ0) is 27.9. The summed E-state index contributed by atoms with van der Waals surface area (Å²) in [6.07, 6.45) is -0.0968. The minimum absolute atomic E-state index is 0.0797. The first-order valence-corrected chi connectivity index (χ1v) is 12.3. The maximum Gasteiger partial charge on any atom is 0.408 e. The Kier molecular flexibility index (Phi) is 9.94. The highest BCUT2D eigenvalue weighted by Crippen LogP contribution is 2.28. The molecule has 37 heavy (non-hydrogen) atoms. The summed E-state index contributed by atoms with van der Waals surface area (Å²) in [4.78, 5) is 41.2. The third kappa shape index (κ3) is 8.13. The lowest BCUT2D eigenvalue weighted by Crippen LogP contribution is -2.53. The van der Waals surface area contributed by atoms with Gasteiger partial charge in [0.05, 0.1) is 7.11 Å². The van der Waals surface area contributed by atoms with Crippen LogP contribution in [0.2, 0.25) is 0 Å². The molecule has 0 aromatic heterocycles. The third-order valence-corrected chi connectivity index (χ3v) is 6.03. The van der Waals surface area contributed by atoms with Crippen molar-refractivity contribution in [2.45, 2.75) is 65.6 Å². The zero-order valence-electron chi connectivity index (χ0n) is 22.9. The number of aryl methyl sites for hydroxylation is 1.